The Kier molecular flexibility index (Phi) is 5.35. The lowest BCUT2D eigenvalue weighted by Gasteiger charge is -2.24. The van der Waals surface area contributed by atoms with Crippen LogP contribution in [-0.4, -0.2) is 42.4 Å². The van der Waals surface area contributed by atoms with Crippen LogP contribution in [0.15, 0.2) is 35.2 Å². The third-order valence-corrected chi connectivity index (χ3v) is 4.66. The fourth-order valence-electron chi connectivity index (χ4n) is 2.19. The number of rotatable bonds is 7. The third-order valence-electron chi connectivity index (χ3n) is 3.09. The average molecular weight is 353 g/mol. The predicted octanol–water partition coefficient (Wildman–Crippen LogP) is 1.61. The minimum Gasteiger partial charge on any atom is -0.375 e. The standard InChI is InChI=1S/C15H19N3O5S/c1-4-22-15(2,3)9-24(20,21)18-14(19)12-7-5-11(6-8-12)13-16-10-23-17-13/h5-8,10H,4,9H2,1-3H3,(H,18,19). The average Bonchev–Trinajstić information content (AvgIpc) is 2.99. The van der Waals surface area contributed by atoms with Gasteiger partial charge in [-0.1, -0.05) is 17.3 Å². The first-order valence-electron chi connectivity index (χ1n) is 7.28. The minimum atomic E-state index is -3.83. The zero-order valence-electron chi connectivity index (χ0n) is 13.6. The number of aromatic nitrogens is 2. The van der Waals surface area contributed by atoms with E-state index in [9.17, 15) is 13.2 Å². The molecule has 1 heterocycles. The van der Waals surface area contributed by atoms with E-state index >= 15 is 0 Å². The third kappa shape index (κ3) is 4.87. The van der Waals surface area contributed by atoms with Crippen LogP contribution >= 0.6 is 0 Å². The van der Waals surface area contributed by atoms with Gasteiger partial charge in [-0.15, -0.1) is 0 Å². The van der Waals surface area contributed by atoms with Gasteiger partial charge >= 0.3 is 0 Å². The number of carbonyl (C=O) groups is 1. The van der Waals surface area contributed by atoms with Crippen molar-refractivity contribution in [2.75, 3.05) is 12.4 Å². The highest BCUT2D eigenvalue weighted by molar-refractivity contribution is 7.90. The number of hydrogen-bond donors (Lipinski definition) is 1. The molecule has 0 aliphatic heterocycles. The number of ether oxygens (including phenoxy) is 1. The van der Waals surface area contributed by atoms with Gasteiger partial charge in [0.2, 0.25) is 22.2 Å². The molecule has 130 valence electrons. The Labute approximate surface area is 140 Å². The molecule has 0 fully saturated rings. The summed E-state index contributed by atoms with van der Waals surface area (Å²) in [6, 6.07) is 6.20. The van der Waals surface area contributed by atoms with E-state index in [1.54, 1.807) is 32.9 Å². The van der Waals surface area contributed by atoms with Gasteiger partial charge in [0.1, 0.15) is 0 Å². The summed E-state index contributed by atoms with van der Waals surface area (Å²) >= 11 is 0. The van der Waals surface area contributed by atoms with Crippen molar-refractivity contribution in [2.24, 2.45) is 0 Å². The Bertz CT molecular complexity index is 783. The van der Waals surface area contributed by atoms with Crippen molar-refractivity contribution >= 4 is 15.9 Å². The van der Waals surface area contributed by atoms with Crippen LogP contribution in [0.1, 0.15) is 31.1 Å². The molecule has 0 saturated heterocycles. The molecule has 2 rings (SSSR count). The molecule has 8 nitrogen and oxygen atoms in total. The lowest BCUT2D eigenvalue weighted by atomic mass is 10.1. The summed E-state index contributed by atoms with van der Waals surface area (Å²) in [6.45, 7) is 5.46. The van der Waals surface area contributed by atoms with Gasteiger partial charge in [-0.3, -0.25) is 4.79 Å². The molecular weight excluding hydrogens is 334 g/mol. The second-order valence-electron chi connectivity index (χ2n) is 5.72. The van der Waals surface area contributed by atoms with Crippen LogP contribution in [0, 0.1) is 0 Å². The van der Waals surface area contributed by atoms with Crippen molar-refractivity contribution in [2.45, 2.75) is 26.4 Å². The molecule has 0 spiro atoms. The van der Waals surface area contributed by atoms with Gasteiger partial charge in [0.05, 0.1) is 11.4 Å². The maximum absolute atomic E-state index is 12.1. The van der Waals surface area contributed by atoms with Gasteiger partial charge < -0.3 is 9.26 Å². The number of hydrogen-bond acceptors (Lipinski definition) is 7. The first-order chi connectivity index (χ1) is 11.2. The molecule has 0 radical (unpaired) electrons. The van der Waals surface area contributed by atoms with Gasteiger partial charge in [-0.2, -0.15) is 4.98 Å². The molecule has 1 aromatic heterocycles. The molecule has 0 bridgehead atoms. The Hall–Kier alpha value is -2.26. The van der Waals surface area contributed by atoms with E-state index < -0.39 is 21.5 Å². The normalized spacial score (nSPS) is 12.1. The molecule has 0 atom stereocenters. The quantitative estimate of drug-likeness (QED) is 0.805. The van der Waals surface area contributed by atoms with Crippen molar-refractivity contribution in [1.29, 1.82) is 0 Å². The number of amides is 1. The minimum absolute atomic E-state index is 0.208. The number of nitrogens with zero attached hydrogens (tertiary/aromatic N) is 2. The van der Waals surface area contributed by atoms with E-state index in [-0.39, 0.29) is 11.3 Å². The monoisotopic (exact) mass is 353 g/mol. The largest absolute Gasteiger partial charge is 0.375 e. The number of benzene rings is 1. The topological polar surface area (TPSA) is 111 Å². The molecule has 24 heavy (non-hydrogen) atoms. The Morgan fingerprint density at radius 3 is 2.50 bits per heavy atom. The Morgan fingerprint density at radius 1 is 1.29 bits per heavy atom. The zero-order chi connectivity index (χ0) is 17.8. The summed E-state index contributed by atoms with van der Waals surface area (Å²) in [7, 11) is -3.83. The van der Waals surface area contributed by atoms with Crippen molar-refractivity contribution < 1.29 is 22.5 Å². The molecule has 0 saturated carbocycles. The van der Waals surface area contributed by atoms with Gasteiger partial charge in [0.25, 0.3) is 5.91 Å². The van der Waals surface area contributed by atoms with E-state index in [2.05, 4.69) is 14.7 Å². The van der Waals surface area contributed by atoms with Gasteiger partial charge in [-0.25, -0.2) is 13.1 Å². The van der Waals surface area contributed by atoms with Crippen LogP contribution in [0.25, 0.3) is 11.4 Å². The summed E-state index contributed by atoms with van der Waals surface area (Å²) in [6.07, 6.45) is 1.20. The van der Waals surface area contributed by atoms with Gasteiger partial charge in [0, 0.05) is 17.7 Å². The summed E-state index contributed by atoms with van der Waals surface area (Å²) in [5, 5.41) is 3.68. The van der Waals surface area contributed by atoms with Crippen LogP contribution in [-0.2, 0) is 14.8 Å². The van der Waals surface area contributed by atoms with Crippen molar-refractivity contribution in [1.82, 2.24) is 14.9 Å². The van der Waals surface area contributed by atoms with Crippen LogP contribution < -0.4 is 4.72 Å². The van der Waals surface area contributed by atoms with E-state index in [1.165, 1.54) is 18.5 Å². The SMILES string of the molecule is CCOC(C)(C)CS(=O)(=O)NC(=O)c1ccc(-c2ncon2)cc1. The second kappa shape index (κ2) is 7.10. The first-order valence-corrected chi connectivity index (χ1v) is 8.93. The summed E-state index contributed by atoms with van der Waals surface area (Å²) in [5.74, 6) is -0.643. The smallest absolute Gasteiger partial charge is 0.264 e. The Morgan fingerprint density at radius 2 is 1.96 bits per heavy atom. The van der Waals surface area contributed by atoms with E-state index in [4.69, 9.17) is 4.74 Å². The maximum atomic E-state index is 12.1. The van der Waals surface area contributed by atoms with Crippen LogP contribution in [0.5, 0.6) is 0 Å². The molecular formula is C15H19N3O5S. The lowest BCUT2D eigenvalue weighted by molar-refractivity contribution is 0.00786. The summed E-state index contributed by atoms with van der Waals surface area (Å²) in [5.41, 5.74) is -0.0238. The molecule has 1 aromatic carbocycles. The van der Waals surface area contributed by atoms with Crippen molar-refractivity contribution in [3.63, 3.8) is 0 Å². The maximum Gasteiger partial charge on any atom is 0.264 e. The first kappa shape index (κ1) is 18.1. The summed E-state index contributed by atoms with van der Waals surface area (Å²) < 4.78 is 36.3. The van der Waals surface area contributed by atoms with Gasteiger partial charge in [0.15, 0.2) is 0 Å². The van der Waals surface area contributed by atoms with Crippen LogP contribution in [0.4, 0.5) is 0 Å². The van der Waals surface area contributed by atoms with E-state index in [0.29, 0.717) is 18.0 Å². The molecule has 9 heteroatoms. The van der Waals surface area contributed by atoms with Crippen LogP contribution in [0.3, 0.4) is 0 Å². The highest BCUT2D eigenvalue weighted by Gasteiger charge is 2.28. The fourth-order valence-corrected chi connectivity index (χ4v) is 3.67. The molecule has 0 aliphatic rings. The van der Waals surface area contributed by atoms with Gasteiger partial charge in [-0.05, 0) is 32.9 Å². The Balaban J connectivity index is 2.06. The lowest BCUT2D eigenvalue weighted by Crippen LogP contribution is -2.41. The highest BCUT2D eigenvalue weighted by atomic mass is 32.2. The summed E-state index contributed by atoms with van der Waals surface area (Å²) in [4.78, 5) is 16.0. The van der Waals surface area contributed by atoms with Crippen molar-refractivity contribution in [3.8, 4) is 11.4 Å². The molecule has 0 aliphatic carbocycles. The predicted molar refractivity (Wildman–Crippen MR) is 86.7 cm³/mol. The molecule has 2 aromatic rings. The van der Waals surface area contributed by atoms with Crippen LogP contribution in [0.2, 0.25) is 0 Å². The second-order valence-corrected chi connectivity index (χ2v) is 7.44. The number of carbonyl (C=O) groups excluding carboxylic acids is 1. The van der Waals surface area contributed by atoms with E-state index in [0.717, 1.165) is 0 Å². The van der Waals surface area contributed by atoms with Crippen molar-refractivity contribution in [3.05, 3.63) is 36.2 Å². The fraction of sp³-hybridized carbons (Fsp3) is 0.400. The highest BCUT2D eigenvalue weighted by Crippen LogP contribution is 2.16. The molecule has 0 unspecified atom stereocenters. The molecule has 1 N–H and O–H groups in total. The number of nitrogens with one attached hydrogen (secondary N) is 1. The number of sulfonamides is 1. The zero-order valence-corrected chi connectivity index (χ0v) is 14.5. The van der Waals surface area contributed by atoms with E-state index in [1.807, 2.05) is 4.72 Å². The molecule has 1 amide bonds.